The molecule has 0 saturated carbocycles. The van der Waals surface area contributed by atoms with Crippen LogP contribution in [0, 0.1) is 0 Å². The van der Waals surface area contributed by atoms with Crippen molar-refractivity contribution in [3.63, 3.8) is 0 Å². The molecule has 1 aromatic carbocycles. The molecule has 5 heteroatoms. The van der Waals surface area contributed by atoms with Crippen LogP contribution in [0.15, 0.2) is 42.7 Å². The van der Waals surface area contributed by atoms with Crippen LogP contribution in [-0.4, -0.2) is 10.9 Å². The number of aromatic nitrogens is 1. The molecule has 19 heavy (non-hydrogen) atoms. The summed E-state index contributed by atoms with van der Waals surface area (Å²) in [6.07, 6.45) is 3.00. The third-order valence-corrected chi connectivity index (χ3v) is 3.07. The zero-order chi connectivity index (χ0) is 13.8. The second-order valence-electron chi connectivity index (χ2n) is 4.21. The van der Waals surface area contributed by atoms with Crippen molar-refractivity contribution in [1.82, 2.24) is 10.3 Å². The van der Waals surface area contributed by atoms with Gasteiger partial charge < -0.3 is 11.1 Å². The Morgan fingerprint density at radius 2 is 2.00 bits per heavy atom. The van der Waals surface area contributed by atoms with Crippen LogP contribution in [0.3, 0.4) is 0 Å². The van der Waals surface area contributed by atoms with E-state index in [1.54, 1.807) is 18.2 Å². The first-order valence-electron chi connectivity index (χ1n) is 5.83. The molecule has 4 nitrogen and oxygen atoms in total. The van der Waals surface area contributed by atoms with Crippen molar-refractivity contribution >= 4 is 23.2 Å². The number of benzene rings is 1. The van der Waals surface area contributed by atoms with Gasteiger partial charge in [0.05, 0.1) is 23.5 Å². The van der Waals surface area contributed by atoms with Crippen molar-refractivity contribution in [2.24, 2.45) is 0 Å². The van der Waals surface area contributed by atoms with Crippen molar-refractivity contribution in [3.8, 4) is 0 Å². The van der Waals surface area contributed by atoms with Crippen molar-refractivity contribution in [2.75, 3.05) is 5.73 Å². The normalized spacial score (nSPS) is 11.9. The fourth-order valence-corrected chi connectivity index (χ4v) is 1.85. The maximum atomic E-state index is 12.1. The van der Waals surface area contributed by atoms with Crippen molar-refractivity contribution < 1.29 is 4.79 Å². The van der Waals surface area contributed by atoms with E-state index in [4.69, 9.17) is 17.3 Å². The number of nitrogen functional groups attached to an aromatic ring is 1. The second-order valence-corrected chi connectivity index (χ2v) is 4.65. The lowest BCUT2D eigenvalue weighted by molar-refractivity contribution is 0.0940. The first-order chi connectivity index (χ1) is 9.08. The molecule has 0 saturated heterocycles. The van der Waals surface area contributed by atoms with E-state index in [9.17, 15) is 4.79 Å². The summed E-state index contributed by atoms with van der Waals surface area (Å²) in [5.74, 6) is -0.220. The lowest BCUT2D eigenvalue weighted by Crippen LogP contribution is -2.27. The molecule has 0 bridgehead atoms. The van der Waals surface area contributed by atoms with E-state index in [2.05, 4.69) is 10.3 Å². The van der Waals surface area contributed by atoms with Crippen LogP contribution in [0.4, 0.5) is 5.69 Å². The maximum Gasteiger partial charge on any atom is 0.253 e. The molecule has 1 heterocycles. The first kappa shape index (κ1) is 13.4. The lowest BCUT2D eigenvalue weighted by atomic mass is 10.1. The number of nitrogens with one attached hydrogen (secondary N) is 1. The van der Waals surface area contributed by atoms with Gasteiger partial charge in [-0.1, -0.05) is 23.7 Å². The third kappa shape index (κ3) is 3.23. The van der Waals surface area contributed by atoms with Gasteiger partial charge in [-0.05, 0) is 30.7 Å². The van der Waals surface area contributed by atoms with Crippen LogP contribution in [0.2, 0.25) is 5.02 Å². The number of pyridine rings is 1. The van der Waals surface area contributed by atoms with Crippen molar-refractivity contribution in [2.45, 2.75) is 13.0 Å². The summed E-state index contributed by atoms with van der Waals surface area (Å²) in [5.41, 5.74) is 7.48. The number of carbonyl (C=O) groups excluding carboxylic acids is 1. The fraction of sp³-hybridized carbons (Fsp3) is 0.143. The average Bonchev–Trinajstić information content (AvgIpc) is 2.39. The van der Waals surface area contributed by atoms with Crippen LogP contribution >= 0.6 is 11.6 Å². The Hall–Kier alpha value is -2.07. The Kier molecular flexibility index (Phi) is 4.02. The number of carbonyl (C=O) groups is 1. The van der Waals surface area contributed by atoms with Gasteiger partial charge in [0, 0.05) is 11.2 Å². The predicted octanol–water partition coefficient (Wildman–Crippen LogP) is 2.81. The molecule has 1 aromatic heterocycles. The Morgan fingerprint density at radius 1 is 1.32 bits per heavy atom. The molecule has 0 aliphatic heterocycles. The smallest absolute Gasteiger partial charge is 0.253 e. The molecule has 0 spiro atoms. The number of nitrogens with zero attached hydrogens (tertiary/aromatic N) is 1. The fourth-order valence-electron chi connectivity index (χ4n) is 1.72. The summed E-state index contributed by atoms with van der Waals surface area (Å²) >= 11 is 5.83. The van der Waals surface area contributed by atoms with Gasteiger partial charge >= 0.3 is 0 Å². The zero-order valence-electron chi connectivity index (χ0n) is 10.4. The van der Waals surface area contributed by atoms with E-state index >= 15 is 0 Å². The molecule has 0 radical (unpaired) electrons. The minimum absolute atomic E-state index is 0.127. The number of rotatable bonds is 3. The average molecular weight is 276 g/mol. The van der Waals surface area contributed by atoms with Gasteiger partial charge in [0.25, 0.3) is 5.91 Å². The Bertz CT molecular complexity index is 583. The van der Waals surface area contributed by atoms with Gasteiger partial charge in [-0.2, -0.15) is 0 Å². The zero-order valence-corrected chi connectivity index (χ0v) is 11.2. The highest BCUT2D eigenvalue weighted by Gasteiger charge is 2.13. The van der Waals surface area contributed by atoms with Crippen LogP contribution < -0.4 is 11.1 Å². The summed E-state index contributed by atoms with van der Waals surface area (Å²) in [6.45, 7) is 1.90. The van der Waals surface area contributed by atoms with Gasteiger partial charge in [-0.25, -0.2) is 0 Å². The van der Waals surface area contributed by atoms with Crippen LogP contribution in [0.25, 0.3) is 0 Å². The highest BCUT2D eigenvalue weighted by molar-refractivity contribution is 6.30. The quantitative estimate of drug-likeness (QED) is 0.905. The van der Waals surface area contributed by atoms with E-state index in [0.29, 0.717) is 16.3 Å². The molecule has 1 amide bonds. The number of halogens is 1. The van der Waals surface area contributed by atoms with Crippen molar-refractivity contribution in [1.29, 1.82) is 0 Å². The Balaban J connectivity index is 2.11. The van der Waals surface area contributed by atoms with Gasteiger partial charge in [0.15, 0.2) is 0 Å². The largest absolute Gasteiger partial charge is 0.397 e. The van der Waals surface area contributed by atoms with E-state index in [1.807, 2.05) is 19.1 Å². The third-order valence-electron chi connectivity index (χ3n) is 2.81. The number of hydrogen-bond donors (Lipinski definition) is 2. The molecule has 0 fully saturated rings. The molecule has 1 unspecified atom stereocenters. The second kappa shape index (κ2) is 5.71. The van der Waals surface area contributed by atoms with E-state index in [1.165, 1.54) is 12.4 Å². The molecule has 0 aliphatic carbocycles. The van der Waals surface area contributed by atoms with Crippen LogP contribution in [-0.2, 0) is 0 Å². The first-order valence-corrected chi connectivity index (χ1v) is 6.21. The SMILES string of the molecule is CC(NC(=O)c1ccncc1N)c1ccc(Cl)cc1. The summed E-state index contributed by atoms with van der Waals surface area (Å²) in [6, 6.07) is 8.81. The minimum Gasteiger partial charge on any atom is -0.397 e. The minimum atomic E-state index is -0.220. The van der Waals surface area contributed by atoms with Gasteiger partial charge in [-0.3, -0.25) is 9.78 Å². The summed E-state index contributed by atoms with van der Waals surface area (Å²) < 4.78 is 0. The number of anilines is 1. The monoisotopic (exact) mass is 275 g/mol. The summed E-state index contributed by atoms with van der Waals surface area (Å²) in [7, 11) is 0. The molecular weight excluding hydrogens is 262 g/mol. The van der Waals surface area contributed by atoms with Gasteiger partial charge in [0.2, 0.25) is 0 Å². The standard InChI is InChI=1S/C14H14ClN3O/c1-9(10-2-4-11(15)5-3-10)18-14(19)12-6-7-17-8-13(12)16/h2-9H,16H2,1H3,(H,18,19). The van der Waals surface area contributed by atoms with E-state index < -0.39 is 0 Å². The molecular formula is C14H14ClN3O. The Labute approximate surface area is 116 Å². The Morgan fingerprint density at radius 3 is 2.63 bits per heavy atom. The van der Waals surface area contributed by atoms with E-state index in [-0.39, 0.29) is 11.9 Å². The molecule has 2 aromatic rings. The molecule has 1 atom stereocenters. The molecule has 3 N–H and O–H groups in total. The predicted molar refractivity (Wildman–Crippen MR) is 76.0 cm³/mol. The van der Waals surface area contributed by atoms with Gasteiger partial charge in [0.1, 0.15) is 0 Å². The van der Waals surface area contributed by atoms with Gasteiger partial charge in [-0.15, -0.1) is 0 Å². The summed E-state index contributed by atoms with van der Waals surface area (Å²) in [5, 5.41) is 3.55. The van der Waals surface area contributed by atoms with E-state index in [0.717, 1.165) is 5.56 Å². The highest BCUT2D eigenvalue weighted by Crippen LogP contribution is 2.17. The molecule has 2 rings (SSSR count). The molecule has 98 valence electrons. The van der Waals surface area contributed by atoms with Crippen molar-refractivity contribution in [3.05, 3.63) is 58.9 Å². The topological polar surface area (TPSA) is 68.0 Å². The number of hydrogen-bond acceptors (Lipinski definition) is 3. The lowest BCUT2D eigenvalue weighted by Gasteiger charge is -2.15. The number of nitrogens with two attached hydrogens (primary N) is 1. The maximum absolute atomic E-state index is 12.1. The summed E-state index contributed by atoms with van der Waals surface area (Å²) in [4.78, 5) is 15.9. The molecule has 0 aliphatic rings. The van der Waals surface area contributed by atoms with Crippen LogP contribution in [0.5, 0.6) is 0 Å². The van der Waals surface area contributed by atoms with Crippen LogP contribution in [0.1, 0.15) is 28.9 Å². The highest BCUT2D eigenvalue weighted by atomic mass is 35.5. The number of amides is 1.